The molecular weight excluding hydrogens is 496 g/mol. The van der Waals surface area contributed by atoms with Gasteiger partial charge in [0.15, 0.2) is 0 Å². The molecule has 0 amide bonds. The minimum absolute atomic E-state index is 0.969. The van der Waals surface area contributed by atoms with E-state index in [1.807, 2.05) is 0 Å². The van der Waals surface area contributed by atoms with Crippen molar-refractivity contribution in [2.24, 2.45) is 0 Å². The first-order valence-electron chi connectivity index (χ1n) is 14.2. The number of para-hydroxylation sites is 2. The molecule has 7 rings (SSSR count). The Morgan fingerprint density at radius 2 is 0.902 bits per heavy atom. The molecule has 198 valence electrons. The van der Waals surface area contributed by atoms with E-state index in [-0.39, 0.29) is 0 Å². The van der Waals surface area contributed by atoms with E-state index in [1.165, 1.54) is 50.3 Å². The lowest BCUT2D eigenvalue weighted by molar-refractivity contribution is 1.20. The fourth-order valence-corrected chi connectivity index (χ4v) is 5.87. The second-order valence-electron chi connectivity index (χ2n) is 10.8. The van der Waals surface area contributed by atoms with Crippen LogP contribution in [0, 0.1) is 6.92 Å². The number of fused-ring (bicyclic) bond motifs is 3. The normalized spacial score (nSPS) is 11.6. The third kappa shape index (κ3) is 4.79. The minimum atomic E-state index is 0.969. The van der Waals surface area contributed by atoms with Gasteiger partial charge in [0.05, 0.1) is 0 Å². The maximum Gasteiger partial charge on any atom is 0.0467 e. The largest absolute Gasteiger partial charge is 0.345 e. The van der Waals surface area contributed by atoms with Gasteiger partial charge in [-0.2, -0.15) is 0 Å². The molecule has 6 aromatic carbocycles. The number of anilines is 5. The Hall–Kier alpha value is -5.08. The summed E-state index contributed by atoms with van der Waals surface area (Å²) < 4.78 is 0. The van der Waals surface area contributed by atoms with Gasteiger partial charge in [-0.1, -0.05) is 90.5 Å². The van der Waals surface area contributed by atoms with Crippen molar-refractivity contribution in [3.63, 3.8) is 0 Å². The molecule has 2 heteroatoms. The van der Waals surface area contributed by atoms with Crippen molar-refractivity contribution in [1.29, 1.82) is 0 Å². The topological polar surface area (TPSA) is 6.48 Å². The molecule has 0 unspecified atom stereocenters. The number of hydrogen-bond donors (Lipinski definition) is 0. The van der Waals surface area contributed by atoms with Crippen molar-refractivity contribution in [2.75, 3.05) is 16.8 Å². The SMILES string of the molecule is Cc1ccc(-c2ccc(N(c3ccccc3)c3ccc4c(c3)-c3cc(N(C)c5ccccc5)ccc3C4)cc2)cc1. The van der Waals surface area contributed by atoms with E-state index in [0.717, 1.165) is 23.5 Å². The molecule has 0 saturated carbocycles. The Morgan fingerprint density at radius 1 is 0.439 bits per heavy atom. The third-order valence-corrected chi connectivity index (χ3v) is 8.17. The molecule has 0 saturated heterocycles. The molecule has 2 nitrogen and oxygen atoms in total. The smallest absolute Gasteiger partial charge is 0.0467 e. The number of nitrogens with zero attached hydrogens (tertiary/aromatic N) is 2. The first-order chi connectivity index (χ1) is 20.1. The van der Waals surface area contributed by atoms with Crippen LogP contribution in [0.25, 0.3) is 22.3 Å². The molecule has 0 radical (unpaired) electrons. The van der Waals surface area contributed by atoms with Gasteiger partial charge in [0.1, 0.15) is 0 Å². The summed E-state index contributed by atoms with van der Waals surface area (Å²) in [5.74, 6) is 0. The summed E-state index contributed by atoms with van der Waals surface area (Å²) in [6, 6.07) is 52.7. The summed E-state index contributed by atoms with van der Waals surface area (Å²) >= 11 is 0. The van der Waals surface area contributed by atoms with Crippen LogP contribution in [0.3, 0.4) is 0 Å². The lowest BCUT2D eigenvalue weighted by atomic mass is 10.0. The molecule has 1 aliphatic rings. The van der Waals surface area contributed by atoms with Crippen LogP contribution in [-0.2, 0) is 6.42 Å². The van der Waals surface area contributed by atoms with Gasteiger partial charge in [0.25, 0.3) is 0 Å². The number of aryl methyl sites for hydroxylation is 1. The van der Waals surface area contributed by atoms with Crippen LogP contribution >= 0.6 is 0 Å². The van der Waals surface area contributed by atoms with Crippen LogP contribution in [0.2, 0.25) is 0 Å². The van der Waals surface area contributed by atoms with Crippen LogP contribution in [0.4, 0.5) is 28.4 Å². The van der Waals surface area contributed by atoms with E-state index >= 15 is 0 Å². The first-order valence-corrected chi connectivity index (χ1v) is 14.2. The molecule has 6 aromatic rings. The zero-order valence-corrected chi connectivity index (χ0v) is 23.5. The van der Waals surface area contributed by atoms with Crippen LogP contribution in [0.5, 0.6) is 0 Å². The van der Waals surface area contributed by atoms with Gasteiger partial charge >= 0.3 is 0 Å². The van der Waals surface area contributed by atoms with Crippen molar-refractivity contribution in [2.45, 2.75) is 13.3 Å². The summed E-state index contributed by atoms with van der Waals surface area (Å²) in [6.45, 7) is 2.13. The van der Waals surface area contributed by atoms with Gasteiger partial charge in [-0.25, -0.2) is 0 Å². The van der Waals surface area contributed by atoms with Gasteiger partial charge in [0, 0.05) is 35.5 Å². The highest BCUT2D eigenvalue weighted by Gasteiger charge is 2.22. The van der Waals surface area contributed by atoms with Crippen molar-refractivity contribution >= 4 is 28.4 Å². The predicted molar refractivity (Wildman–Crippen MR) is 174 cm³/mol. The Bertz CT molecular complexity index is 1810. The molecule has 0 N–H and O–H groups in total. The molecule has 1 aliphatic carbocycles. The third-order valence-electron chi connectivity index (χ3n) is 8.17. The number of rotatable bonds is 6. The highest BCUT2D eigenvalue weighted by atomic mass is 15.1. The number of hydrogen-bond acceptors (Lipinski definition) is 2. The summed E-state index contributed by atoms with van der Waals surface area (Å²) in [7, 11) is 2.14. The van der Waals surface area contributed by atoms with Gasteiger partial charge in [-0.3, -0.25) is 0 Å². The van der Waals surface area contributed by atoms with E-state index in [1.54, 1.807) is 0 Å². The lowest BCUT2D eigenvalue weighted by Gasteiger charge is -2.26. The highest BCUT2D eigenvalue weighted by molar-refractivity contribution is 5.86. The summed E-state index contributed by atoms with van der Waals surface area (Å²) in [5.41, 5.74) is 15.0. The van der Waals surface area contributed by atoms with Gasteiger partial charge in [-0.05, 0) is 107 Å². The van der Waals surface area contributed by atoms with Crippen molar-refractivity contribution in [1.82, 2.24) is 0 Å². The van der Waals surface area contributed by atoms with Crippen LogP contribution < -0.4 is 9.80 Å². The molecule has 0 spiro atoms. The second kappa shape index (κ2) is 10.5. The van der Waals surface area contributed by atoms with Gasteiger partial charge in [0.2, 0.25) is 0 Å². The molecule has 0 bridgehead atoms. The molecule has 0 fully saturated rings. The second-order valence-corrected chi connectivity index (χ2v) is 10.8. The molecule has 0 aromatic heterocycles. The summed E-state index contributed by atoms with van der Waals surface area (Å²) in [4.78, 5) is 4.62. The molecular formula is C39H32N2. The molecule has 0 atom stereocenters. The molecule has 0 aliphatic heterocycles. The maximum atomic E-state index is 2.37. The Morgan fingerprint density at radius 3 is 1.51 bits per heavy atom. The van der Waals surface area contributed by atoms with Crippen molar-refractivity contribution in [3.8, 4) is 22.3 Å². The van der Waals surface area contributed by atoms with E-state index in [4.69, 9.17) is 0 Å². The zero-order chi connectivity index (χ0) is 27.8. The fraction of sp³-hybridized carbons (Fsp3) is 0.0769. The lowest BCUT2D eigenvalue weighted by Crippen LogP contribution is -2.10. The molecule has 41 heavy (non-hydrogen) atoms. The monoisotopic (exact) mass is 528 g/mol. The van der Waals surface area contributed by atoms with E-state index in [0.29, 0.717) is 0 Å². The first kappa shape index (κ1) is 24.9. The Balaban J connectivity index is 1.28. The van der Waals surface area contributed by atoms with Crippen LogP contribution in [0.1, 0.15) is 16.7 Å². The summed E-state index contributed by atoms with van der Waals surface area (Å²) in [5, 5.41) is 0. The maximum absolute atomic E-state index is 2.37. The average Bonchev–Trinajstić information content (AvgIpc) is 3.40. The molecule has 0 heterocycles. The average molecular weight is 529 g/mol. The van der Waals surface area contributed by atoms with E-state index < -0.39 is 0 Å². The highest BCUT2D eigenvalue weighted by Crippen LogP contribution is 2.44. The fourth-order valence-electron chi connectivity index (χ4n) is 5.87. The zero-order valence-electron chi connectivity index (χ0n) is 23.5. The Kier molecular flexibility index (Phi) is 6.37. The minimum Gasteiger partial charge on any atom is -0.345 e. The standard InChI is InChI=1S/C39H32N2/c1-28-13-15-29(16-14-28)30-17-21-35(22-18-30)41(34-11-7-4-8-12-34)37-24-20-32-25-31-19-23-36(26-38(31)39(32)27-37)40(2)33-9-5-3-6-10-33/h3-24,26-27H,25H2,1-2H3. The van der Waals surface area contributed by atoms with E-state index in [9.17, 15) is 0 Å². The van der Waals surface area contributed by atoms with Crippen LogP contribution in [0.15, 0.2) is 146 Å². The van der Waals surface area contributed by atoms with Gasteiger partial charge in [-0.15, -0.1) is 0 Å². The Labute approximate surface area is 242 Å². The summed E-state index contributed by atoms with van der Waals surface area (Å²) in [6.07, 6.45) is 0.969. The van der Waals surface area contributed by atoms with Crippen molar-refractivity contribution in [3.05, 3.63) is 162 Å². The number of benzene rings is 6. The van der Waals surface area contributed by atoms with E-state index in [2.05, 4.69) is 169 Å². The van der Waals surface area contributed by atoms with Crippen molar-refractivity contribution < 1.29 is 0 Å². The predicted octanol–water partition coefficient (Wildman–Crippen LogP) is 10.5. The quantitative estimate of drug-likeness (QED) is 0.212. The van der Waals surface area contributed by atoms with Crippen LogP contribution in [-0.4, -0.2) is 7.05 Å². The van der Waals surface area contributed by atoms with Gasteiger partial charge < -0.3 is 9.80 Å².